The summed E-state index contributed by atoms with van der Waals surface area (Å²) >= 11 is 0. The number of hydrogen-bond acceptors (Lipinski definition) is 7. The quantitative estimate of drug-likeness (QED) is 0.199. The standard InChI is InChI=1S/C13H9N3O.C10H4N2O.C9H6N2/c1-2-10-15-13(17)16-12-7-5-11(6-8-12)4-3-9-14;11-7-1-2-9-3-5-10(6-4-9)12-8-13;10-7-1-2-8-3-5-9(11)6-4-8/h1,5-8H,10H2,(H2,15,16,17);3-6H;3-6H,11H2. The molecule has 0 bridgehead atoms. The molecule has 194 valence electrons. The normalized spacial score (nSPS) is 7.61. The molecular weight excluding hydrogens is 514 g/mol. The molecule has 2 amide bonds. The van der Waals surface area contributed by atoms with Crippen LogP contribution < -0.4 is 16.4 Å². The molecule has 0 aliphatic rings. The summed E-state index contributed by atoms with van der Waals surface area (Å²) in [5.41, 5.74) is 9.53. The molecule has 0 aliphatic carbocycles. The van der Waals surface area contributed by atoms with Crippen LogP contribution in [0.3, 0.4) is 0 Å². The maximum absolute atomic E-state index is 11.2. The van der Waals surface area contributed by atoms with Gasteiger partial charge in [-0.15, -0.1) is 6.42 Å². The Balaban J connectivity index is 0.000000316. The molecule has 3 aromatic carbocycles. The second-order valence-electron chi connectivity index (χ2n) is 7.05. The average molecular weight is 534 g/mol. The number of aliphatic imine (C=N–C) groups is 1. The molecule has 3 aromatic rings. The van der Waals surface area contributed by atoms with Crippen molar-refractivity contribution in [3.05, 3.63) is 89.5 Å². The summed E-state index contributed by atoms with van der Waals surface area (Å²) in [4.78, 5) is 24.5. The number of terminal acetylenes is 1. The molecule has 3 rings (SSSR count). The first-order chi connectivity index (χ1) is 19.9. The van der Waals surface area contributed by atoms with E-state index >= 15 is 0 Å². The Morgan fingerprint density at radius 1 is 0.756 bits per heavy atom. The van der Waals surface area contributed by atoms with E-state index in [4.69, 9.17) is 27.9 Å². The SMILES string of the molecule is C#CCNC(=O)Nc1ccc(C#CC#N)cc1.N#CC#Cc1ccc(N)cc1.N#CC#Cc1ccc(N=C=O)cc1. The summed E-state index contributed by atoms with van der Waals surface area (Å²) in [5.74, 6) is 17.1. The number of carbonyl (C=O) groups is 1. The second-order valence-corrected chi connectivity index (χ2v) is 7.05. The number of rotatable bonds is 3. The molecule has 0 spiro atoms. The van der Waals surface area contributed by atoms with Crippen LogP contribution in [0.5, 0.6) is 0 Å². The highest BCUT2D eigenvalue weighted by molar-refractivity contribution is 5.89. The van der Waals surface area contributed by atoms with Gasteiger partial charge < -0.3 is 16.4 Å². The summed E-state index contributed by atoms with van der Waals surface area (Å²) in [6.45, 7) is 0.178. The van der Waals surface area contributed by atoms with Gasteiger partial charge in [-0.25, -0.2) is 9.59 Å². The molecule has 0 saturated carbocycles. The predicted octanol–water partition coefficient (Wildman–Crippen LogP) is 3.99. The average Bonchev–Trinajstić information content (AvgIpc) is 3.00. The van der Waals surface area contributed by atoms with E-state index < -0.39 is 0 Å². The van der Waals surface area contributed by atoms with Crippen molar-refractivity contribution in [1.29, 1.82) is 15.8 Å². The van der Waals surface area contributed by atoms with Crippen LogP contribution in [0.25, 0.3) is 0 Å². The van der Waals surface area contributed by atoms with Gasteiger partial charge in [-0.1, -0.05) is 23.7 Å². The third-order valence-electron chi connectivity index (χ3n) is 4.23. The van der Waals surface area contributed by atoms with Gasteiger partial charge >= 0.3 is 6.03 Å². The lowest BCUT2D eigenvalue weighted by Gasteiger charge is -2.04. The van der Waals surface area contributed by atoms with Gasteiger partial charge in [-0.2, -0.15) is 20.8 Å². The molecule has 0 saturated heterocycles. The van der Waals surface area contributed by atoms with Gasteiger partial charge in [-0.05, 0) is 72.8 Å². The lowest BCUT2D eigenvalue weighted by atomic mass is 10.2. The number of isocyanates is 1. The van der Waals surface area contributed by atoms with Gasteiger partial charge in [-0.3, -0.25) is 0 Å². The molecule has 0 unspecified atom stereocenters. The lowest BCUT2D eigenvalue weighted by molar-refractivity contribution is 0.253. The number of anilines is 2. The summed E-state index contributed by atoms with van der Waals surface area (Å²) in [5, 5.41) is 29.7. The molecule has 0 atom stereocenters. The Morgan fingerprint density at radius 3 is 1.61 bits per heavy atom. The fourth-order valence-electron chi connectivity index (χ4n) is 2.48. The summed E-state index contributed by atoms with van der Waals surface area (Å²) < 4.78 is 0. The minimum atomic E-state index is -0.362. The molecule has 41 heavy (non-hydrogen) atoms. The zero-order chi connectivity index (χ0) is 30.1. The molecule has 0 aliphatic heterocycles. The number of nitrogens with zero attached hydrogens (tertiary/aromatic N) is 4. The fraction of sp³-hybridized carbons (Fsp3) is 0.0312. The first-order valence-corrected chi connectivity index (χ1v) is 11.3. The molecular formula is C32H19N7O2. The second kappa shape index (κ2) is 19.9. The van der Waals surface area contributed by atoms with Gasteiger partial charge in [0.1, 0.15) is 0 Å². The maximum atomic E-state index is 11.2. The van der Waals surface area contributed by atoms with E-state index in [-0.39, 0.29) is 12.6 Å². The van der Waals surface area contributed by atoms with E-state index in [9.17, 15) is 9.59 Å². The Kier molecular flexibility index (Phi) is 15.5. The number of carbonyl (C=O) groups excluding carboxylic acids is 2. The summed E-state index contributed by atoms with van der Waals surface area (Å²) in [6.07, 6.45) is 6.44. The number of nitrogens with one attached hydrogen (secondary N) is 2. The predicted molar refractivity (Wildman–Crippen MR) is 155 cm³/mol. The van der Waals surface area contributed by atoms with Crippen LogP contribution in [0.2, 0.25) is 0 Å². The van der Waals surface area contributed by atoms with Crippen LogP contribution in [-0.2, 0) is 4.79 Å². The van der Waals surface area contributed by atoms with Gasteiger partial charge in [0.25, 0.3) is 0 Å². The third-order valence-corrected chi connectivity index (χ3v) is 4.23. The molecule has 0 fully saturated rings. The molecule has 9 heteroatoms. The Hall–Kier alpha value is -7.18. The molecule has 4 N–H and O–H groups in total. The van der Waals surface area contributed by atoms with Crippen molar-refractivity contribution in [2.45, 2.75) is 0 Å². The van der Waals surface area contributed by atoms with Crippen LogP contribution in [-0.4, -0.2) is 18.7 Å². The number of amides is 2. The number of urea groups is 1. The fourth-order valence-corrected chi connectivity index (χ4v) is 2.48. The Morgan fingerprint density at radius 2 is 1.20 bits per heavy atom. The van der Waals surface area contributed by atoms with Crippen molar-refractivity contribution in [3.63, 3.8) is 0 Å². The highest BCUT2D eigenvalue weighted by atomic mass is 16.2. The highest BCUT2D eigenvalue weighted by Crippen LogP contribution is 2.11. The smallest absolute Gasteiger partial charge is 0.319 e. The van der Waals surface area contributed by atoms with Crippen molar-refractivity contribution >= 4 is 29.2 Å². The van der Waals surface area contributed by atoms with Crippen molar-refractivity contribution < 1.29 is 9.59 Å². The van der Waals surface area contributed by atoms with E-state index in [1.54, 1.807) is 91.0 Å². The van der Waals surface area contributed by atoms with Gasteiger partial charge in [0.05, 0.1) is 12.2 Å². The van der Waals surface area contributed by atoms with Crippen LogP contribution in [0.4, 0.5) is 21.9 Å². The van der Waals surface area contributed by atoms with Gasteiger partial charge in [0, 0.05) is 45.8 Å². The third kappa shape index (κ3) is 14.8. The lowest BCUT2D eigenvalue weighted by Crippen LogP contribution is -2.28. The zero-order valence-electron chi connectivity index (χ0n) is 21.4. The molecule has 0 aromatic heterocycles. The summed E-state index contributed by atoms with van der Waals surface area (Å²) in [6, 6.07) is 25.3. The van der Waals surface area contributed by atoms with E-state index in [1.807, 2.05) is 0 Å². The summed E-state index contributed by atoms with van der Waals surface area (Å²) in [7, 11) is 0. The van der Waals surface area contributed by atoms with Crippen molar-refractivity contribution in [3.8, 4) is 66.1 Å². The van der Waals surface area contributed by atoms with E-state index in [1.165, 1.54) is 6.08 Å². The van der Waals surface area contributed by atoms with E-state index in [2.05, 4.69) is 57.1 Å². The number of hydrogen-bond donors (Lipinski definition) is 3. The first-order valence-electron chi connectivity index (χ1n) is 11.3. The molecule has 0 heterocycles. The van der Waals surface area contributed by atoms with Crippen LogP contribution in [0, 0.1) is 81.9 Å². The van der Waals surface area contributed by atoms with Crippen molar-refractivity contribution in [2.75, 3.05) is 17.6 Å². The van der Waals surface area contributed by atoms with Crippen LogP contribution >= 0.6 is 0 Å². The largest absolute Gasteiger partial charge is 0.399 e. The molecule has 9 nitrogen and oxygen atoms in total. The minimum Gasteiger partial charge on any atom is -0.399 e. The minimum absolute atomic E-state index is 0.178. The number of nitriles is 3. The maximum Gasteiger partial charge on any atom is 0.319 e. The number of benzene rings is 3. The van der Waals surface area contributed by atoms with Gasteiger partial charge in [0.15, 0.2) is 18.2 Å². The van der Waals surface area contributed by atoms with Crippen LogP contribution in [0.15, 0.2) is 77.8 Å². The first kappa shape index (κ1) is 31.8. The van der Waals surface area contributed by atoms with E-state index in [0.717, 1.165) is 5.56 Å². The Bertz CT molecular complexity index is 1720. The molecule has 0 radical (unpaired) electrons. The Labute approximate surface area is 237 Å². The number of nitrogens with two attached hydrogens (primary N) is 1. The monoisotopic (exact) mass is 533 g/mol. The topological polar surface area (TPSA) is 168 Å². The van der Waals surface area contributed by atoms with Gasteiger partial charge in [0.2, 0.25) is 6.08 Å². The van der Waals surface area contributed by atoms with Crippen LogP contribution in [0.1, 0.15) is 16.7 Å². The highest BCUT2D eigenvalue weighted by Gasteiger charge is 1.99. The van der Waals surface area contributed by atoms with E-state index in [0.29, 0.717) is 28.2 Å². The van der Waals surface area contributed by atoms with Crippen molar-refractivity contribution in [1.82, 2.24) is 5.32 Å². The van der Waals surface area contributed by atoms with Crippen molar-refractivity contribution in [2.24, 2.45) is 4.99 Å². The zero-order valence-corrected chi connectivity index (χ0v) is 21.4. The number of nitrogen functional groups attached to an aromatic ring is 1.